The molecule has 2 aromatic carbocycles. The van der Waals surface area contributed by atoms with E-state index in [9.17, 15) is 4.79 Å². The number of rotatable bonds is 6. The number of anilines is 2. The number of guanidine groups is 1. The molecule has 5 nitrogen and oxygen atoms in total. The van der Waals surface area contributed by atoms with Crippen molar-refractivity contribution in [3.63, 3.8) is 0 Å². The number of amides is 1. The van der Waals surface area contributed by atoms with Crippen molar-refractivity contribution in [2.24, 2.45) is 10.7 Å². The van der Waals surface area contributed by atoms with Gasteiger partial charge in [0.05, 0.1) is 6.54 Å². The van der Waals surface area contributed by atoms with Crippen LogP contribution >= 0.6 is 35.6 Å². The highest BCUT2D eigenvalue weighted by molar-refractivity contribution is 14.0. The zero-order valence-corrected chi connectivity index (χ0v) is 18.8. The van der Waals surface area contributed by atoms with E-state index in [0.29, 0.717) is 23.2 Å². The van der Waals surface area contributed by atoms with E-state index in [1.54, 1.807) is 12.1 Å². The van der Waals surface area contributed by atoms with Crippen molar-refractivity contribution in [2.45, 2.75) is 33.1 Å². The van der Waals surface area contributed by atoms with Crippen LogP contribution in [-0.4, -0.2) is 18.4 Å². The van der Waals surface area contributed by atoms with Crippen LogP contribution in [0.15, 0.2) is 47.5 Å². The molecule has 0 fully saturated rings. The first-order valence-electron chi connectivity index (χ1n) is 8.58. The second kappa shape index (κ2) is 11.1. The third-order valence-corrected chi connectivity index (χ3v) is 4.40. The Morgan fingerprint density at radius 3 is 2.59 bits per heavy atom. The second-order valence-electron chi connectivity index (χ2n) is 6.38. The Morgan fingerprint density at radius 2 is 1.89 bits per heavy atom. The smallest absolute Gasteiger partial charge is 0.226 e. The molecule has 0 heterocycles. The summed E-state index contributed by atoms with van der Waals surface area (Å²) in [5.74, 6) is 0.597. The maximum Gasteiger partial charge on any atom is 0.226 e. The molecule has 146 valence electrons. The molecule has 0 aliphatic heterocycles. The number of nitrogens with zero attached hydrogens (tertiary/aromatic N) is 1. The lowest BCUT2D eigenvalue weighted by molar-refractivity contribution is -0.116. The standard InChI is InChI=1S/C20H25ClN4O.HI/c1-13(2)15-6-4-7-16(12-15)24-20(22)23-11-10-19(26)25-18-9-5-8-17(21)14(18)3;/h4-9,12-13H,10-11H2,1-3H3,(H,25,26)(H3,22,23,24);1H. The molecule has 0 atom stereocenters. The summed E-state index contributed by atoms with van der Waals surface area (Å²) in [4.78, 5) is 16.3. The quantitative estimate of drug-likeness (QED) is 0.292. The Hall–Kier alpha value is -1.80. The van der Waals surface area contributed by atoms with Gasteiger partial charge in [0.1, 0.15) is 0 Å². The molecule has 0 spiro atoms. The van der Waals surface area contributed by atoms with Crippen molar-refractivity contribution in [3.8, 4) is 0 Å². The topological polar surface area (TPSA) is 79.5 Å². The van der Waals surface area contributed by atoms with Gasteiger partial charge in [0.15, 0.2) is 5.96 Å². The van der Waals surface area contributed by atoms with Crippen molar-refractivity contribution in [3.05, 3.63) is 58.6 Å². The van der Waals surface area contributed by atoms with Crippen LogP contribution in [0.1, 0.15) is 37.3 Å². The van der Waals surface area contributed by atoms with E-state index >= 15 is 0 Å². The van der Waals surface area contributed by atoms with Crippen molar-refractivity contribution < 1.29 is 4.79 Å². The largest absolute Gasteiger partial charge is 0.370 e. The molecule has 0 saturated heterocycles. The average Bonchev–Trinajstić information content (AvgIpc) is 2.59. The van der Waals surface area contributed by atoms with Crippen molar-refractivity contribution >= 4 is 58.8 Å². The third-order valence-electron chi connectivity index (χ3n) is 3.99. The van der Waals surface area contributed by atoms with Gasteiger partial charge in [0.2, 0.25) is 5.91 Å². The van der Waals surface area contributed by atoms with E-state index in [0.717, 1.165) is 11.3 Å². The molecular weight excluding hydrogens is 475 g/mol. The van der Waals surface area contributed by atoms with Crippen LogP contribution in [-0.2, 0) is 4.79 Å². The molecule has 0 aliphatic rings. The Kier molecular flexibility index (Phi) is 9.59. The highest BCUT2D eigenvalue weighted by Gasteiger charge is 2.07. The molecule has 0 aliphatic carbocycles. The summed E-state index contributed by atoms with van der Waals surface area (Å²) in [6, 6.07) is 13.4. The second-order valence-corrected chi connectivity index (χ2v) is 6.79. The minimum atomic E-state index is -0.131. The number of nitrogens with two attached hydrogens (primary N) is 1. The van der Waals surface area contributed by atoms with E-state index in [-0.39, 0.29) is 42.3 Å². The van der Waals surface area contributed by atoms with Crippen molar-refractivity contribution in [1.82, 2.24) is 0 Å². The minimum Gasteiger partial charge on any atom is -0.370 e. The lowest BCUT2D eigenvalue weighted by atomic mass is 10.0. The molecule has 0 bridgehead atoms. The number of carbonyl (C=O) groups is 1. The molecule has 7 heteroatoms. The van der Waals surface area contributed by atoms with Crippen LogP contribution in [0.3, 0.4) is 0 Å². The van der Waals surface area contributed by atoms with E-state index in [2.05, 4.69) is 35.5 Å². The van der Waals surface area contributed by atoms with Gasteiger partial charge in [-0.3, -0.25) is 9.79 Å². The Bertz CT molecular complexity index is 808. The van der Waals surface area contributed by atoms with Crippen molar-refractivity contribution in [2.75, 3.05) is 17.2 Å². The summed E-state index contributed by atoms with van der Waals surface area (Å²) in [7, 11) is 0. The molecule has 0 radical (unpaired) electrons. The number of benzene rings is 2. The van der Waals surface area contributed by atoms with Crippen molar-refractivity contribution in [1.29, 1.82) is 0 Å². The van der Waals surface area contributed by atoms with Gasteiger partial charge in [-0.2, -0.15) is 0 Å². The summed E-state index contributed by atoms with van der Waals surface area (Å²) in [5.41, 5.74) is 9.57. The lowest BCUT2D eigenvalue weighted by Crippen LogP contribution is -2.23. The maximum absolute atomic E-state index is 12.1. The monoisotopic (exact) mass is 500 g/mol. The summed E-state index contributed by atoms with van der Waals surface area (Å²) in [6.45, 7) is 6.44. The molecule has 1 amide bonds. The number of halogens is 2. The first-order valence-corrected chi connectivity index (χ1v) is 8.96. The zero-order valence-electron chi connectivity index (χ0n) is 15.8. The summed E-state index contributed by atoms with van der Waals surface area (Å²) < 4.78 is 0. The van der Waals surface area contributed by atoms with E-state index in [1.165, 1.54) is 5.56 Å². The number of hydrogen-bond donors (Lipinski definition) is 3. The van der Waals surface area contributed by atoms with Crippen LogP contribution < -0.4 is 16.4 Å². The summed E-state index contributed by atoms with van der Waals surface area (Å²) in [5, 5.41) is 6.52. The molecule has 0 saturated carbocycles. The van der Waals surface area contributed by atoms with Crippen LogP contribution in [0.4, 0.5) is 11.4 Å². The number of nitrogens with one attached hydrogen (secondary N) is 2. The van der Waals surface area contributed by atoms with Crippen LogP contribution in [0.2, 0.25) is 5.02 Å². The number of hydrogen-bond acceptors (Lipinski definition) is 2. The summed E-state index contributed by atoms with van der Waals surface area (Å²) >= 11 is 6.05. The number of aliphatic imine (C=N–C) groups is 1. The summed E-state index contributed by atoms with van der Waals surface area (Å²) in [6.07, 6.45) is 0.236. The number of carbonyl (C=O) groups excluding carboxylic acids is 1. The van der Waals surface area contributed by atoms with Crippen LogP contribution in [0.25, 0.3) is 0 Å². The van der Waals surface area contributed by atoms with Crippen LogP contribution in [0.5, 0.6) is 0 Å². The highest BCUT2D eigenvalue weighted by Crippen LogP contribution is 2.23. The SMILES string of the molecule is Cc1c(Cl)cccc1NC(=O)CCN=C(N)Nc1cccc(C(C)C)c1.I. The van der Waals surface area contributed by atoms with Gasteiger partial charge in [-0.05, 0) is 48.2 Å². The molecule has 2 aromatic rings. The maximum atomic E-state index is 12.1. The normalized spacial score (nSPS) is 11.1. The minimum absolute atomic E-state index is 0. The predicted octanol–water partition coefficient (Wildman–Crippen LogP) is 5.15. The highest BCUT2D eigenvalue weighted by atomic mass is 127. The van der Waals surface area contributed by atoms with Gasteiger partial charge in [0.25, 0.3) is 0 Å². The molecular formula is C20H26ClIN4O. The van der Waals surface area contributed by atoms with Crippen LogP contribution in [0, 0.1) is 6.92 Å². The first kappa shape index (κ1) is 23.2. The molecule has 0 unspecified atom stereocenters. The van der Waals surface area contributed by atoms with E-state index < -0.39 is 0 Å². The van der Waals surface area contributed by atoms with Gasteiger partial charge in [-0.1, -0.05) is 43.6 Å². The lowest BCUT2D eigenvalue weighted by Gasteiger charge is -2.10. The zero-order chi connectivity index (χ0) is 19.1. The fraction of sp³-hybridized carbons (Fsp3) is 0.300. The van der Waals surface area contributed by atoms with Gasteiger partial charge < -0.3 is 16.4 Å². The Balaban J connectivity index is 0.00000364. The van der Waals surface area contributed by atoms with E-state index in [4.69, 9.17) is 17.3 Å². The van der Waals surface area contributed by atoms with E-state index in [1.807, 2.05) is 31.2 Å². The fourth-order valence-corrected chi connectivity index (χ4v) is 2.57. The van der Waals surface area contributed by atoms with Gasteiger partial charge in [-0.25, -0.2) is 0 Å². The first-order chi connectivity index (χ1) is 12.4. The van der Waals surface area contributed by atoms with Gasteiger partial charge >= 0.3 is 0 Å². The average molecular weight is 501 g/mol. The third kappa shape index (κ3) is 7.38. The predicted molar refractivity (Wildman–Crippen MR) is 125 cm³/mol. The molecule has 0 aromatic heterocycles. The molecule has 4 N–H and O–H groups in total. The Labute approximate surface area is 182 Å². The molecule has 2 rings (SSSR count). The van der Waals surface area contributed by atoms with Gasteiger partial charge in [0, 0.05) is 22.8 Å². The van der Waals surface area contributed by atoms with Gasteiger partial charge in [-0.15, -0.1) is 24.0 Å². The Morgan fingerprint density at radius 1 is 1.19 bits per heavy atom. The molecule has 27 heavy (non-hydrogen) atoms. The fourth-order valence-electron chi connectivity index (χ4n) is 2.40.